The molecule has 1 aromatic rings. The molecule has 3 rings (SSSR count). The summed E-state index contributed by atoms with van der Waals surface area (Å²) in [4.78, 5) is 0. The molecule has 18 heavy (non-hydrogen) atoms. The predicted molar refractivity (Wildman–Crippen MR) is 77.0 cm³/mol. The maximum absolute atomic E-state index is 3.58. The Labute approximate surface area is 111 Å². The summed E-state index contributed by atoms with van der Waals surface area (Å²) < 4.78 is 0. The molecule has 1 aromatic carbocycles. The molecule has 0 aromatic heterocycles. The number of piperidine rings is 1. The maximum atomic E-state index is 3.58. The van der Waals surface area contributed by atoms with Crippen LogP contribution in [0.3, 0.4) is 0 Å². The third-order valence-corrected chi connectivity index (χ3v) is 4.68. The Morgan fingerprint density at radius 2 is 1.89 bits per heavy atom. The first-order valence-electron chi connectivity index (χ1n) is 7.69. The number of hydrogen-bond acceptors (Lipinski definition) is 1. The van der Waals surface area contributed by atoms with Crippen molar-refractivity contribution in [3.05, 3.63) is 35.4 Å². The van der Waals surface area contributed by atoms with E-state index in [4.69, 9.17) is 0 Å². The van der Waals surface area contributed by atoms with Gasteiger partial charge in [-0.05, 0) is 67.7 Å². The normalized spacial score (nSPS) is 28.3. The third kappa shape index (κ3) is 2.47. The van der Waals surface area contributed by atoms with Crippen molar-refractivity contribution in [2.24, 2.45) is 5.92 Å². The summed E-state index contributed by atoms with van der Waals surface area (Å²) in [7, 11) is 0. The van der Waals surface area contributed by atoms with Crippen molar-refractivity contribution in [2.45, 2.75) is 50.9 Å². The summed E-state index contributed by atoms with van der Waals surface area (Å²) in [6.07, 6.45) is 6.85. The van der Waals surface area contributed by atoms with Crippen molar-refractivity contribution in [1.82, 2.24) is 5.32 Å². The zero-order chi connectivity index (χ0) is 12.4. The van der Waals surface area contributed by atoms with Gasteiger partial charge in [0.1, 0.15) is 0 Å². The lowest BCUT2D eigenvalue weighted by molar-refractivity contribution is 0.305. The van der Waals surface area contributed by atoms with Gasteiger partial charge in [0.2, 0.25) is 0 Å². The van der Waals surface area contributed by atoms with Crippen LogP contribution in [0.15, 0.2) is 24.3 Å². The molecule has 98 valence electrons. The van der Waals surface area contributed by atoms with Crippen molar-refractivity contribution >= 4 is 0 Å². The molecule has 0 amide bonds. The number of benzene rings is 1. The third-order valence-electron chi connectivity index (χ3n) is 4.68. The highest BCUT2D eigenvalue weighted by Gasteiger charge is 2.32. The van der Waals surface area contributed by atoms with Gasteiger partial charge in [0.15, 0.2) is 0 Å². The molecule has 1 N–H and O–H groups in total. The molecule has 1 heterocycles. The van der Waals surface area contributed by atoms with Crippen LogP contribution < -0.4 is 5.32 Å². The minimum absolute atomic E-state index is 0.808. The zero-order valence-corrected chi connectivity index (χ0v) is 11.5. The standard InChI is InChI=1S/C17H25N/c1-2-5-14-12-18-11-10-16(14)17-7-4-3-6-15(17)13-8-9-13/h3-4,6-7,13-14,16,18H,2,5,8-12H2,1H3. The van der Waals surface area contributed by atoms with E-state index in [1.54, 1.807) is 11.1 Å². The van der Waals surface area contributed by atoms with Gasteiger partial charge in [0.25, 0.3) is 0 Å². The van der Waals surface area contributed by atoms with Crippen LogP contribution in [-0.2, 0) is 0 Å². The fourth-order valence-corrected chi connectivity index (χ4v) is 3.62. The van der Waals surface area contributed by atoms with E-state index in [1.807, 2.05) is 0 Å². The van der Waals surface area contributed by atoms with Crippen LogP contribution in [-0.4, -0.2) is 13.1 Å². The molecule has 0 bridgehead atoms. The Morgan fingerprint density at radius 3 is 2.61 bits per heavy atom. The predicted octanol–water partition coefficient (Wildman–Crippen LogP) is 4.06. The van der Waals surface area contributed by atoms with Crippen LogP contribution in [0.5, 0.6) is 0 Å². The molecular formula is C17H25N. The van der Waals surface area contributed by atoms with Gasteiger partial charge in [-0.25, -0.2) is 0 Å². The molecule has 1 aliphatic heterocycles. The molecular weight excluding hydrogens is 218 g/mol. The summed E-state index contributed by atoms with van der Waals surface area (Å²) in [6, 6.07) is 9.27. The van der Waals surface area contributed by atoms with Gasteiger partial charge in [-0.15, -0.1) is 0 Å². The Hall–Kier alpha value is -0.820. The minimum Gasteiger partial charge on any atom is -0.316 e. The number of nitrogens with one attached hydrogen (secondary N) is 1. The van der Waals surface area contributed by atoms with E-state index in [0.29, 0.717) is 0 Å². The molecule has 0 spiro atoms. The Morgan fingerprint density at radius 1 is 1.11 bits per heavy atom. The van der Waals surface area contributed by atoms with Crippen LogP contribution in [0.25, 0.3) is 0 Å². The zero-order valence-electron chi connectivity index (χ0n) is 11.5. The molecule has 2 aliphatic rings. The van der Waals surface area contributed by atoms with E-state index >= 15 is 0 Å². The summed E-state index contributed by atoms with van der Waals surface area (Å²) in [5.41, 5.74) is 3.35. The van der Waals surface area contributed by atoms with Gasteiger partial charge in [-0.3, -0.25) is 0 Å². The lowest BCUT2D eigenvalue weighted by atomic mass is 9.77. The van der Waals surface area contributed by atoms with Crippen LogP contribution in [0.1, 0.15) is 62.0 Å². The minimum atomic E-state index is 0.808. The highest BCUT2D eigenvalue weighted by molar-refractivity contribution is 5.36. The Kier molecular flexibility index (Phi) is 3.69. The number of hydrogen-bond donors (Lipinski definition) is 1. The van der Waals surface area contributed by atoms with Gasteiger partial charge < -0.3 is 5.32 Å². The lowest BCUT2D eigenvalue weighted by Crippen LogP contribution is -2.35. The first-order valence-corrected chi connectivity index (χ1v) is 7.69. The van der Waals surface area contributed by atoms with E-state index in [1.165, 1.54) is 45.2 Å². The summed E-state index contributed by atoms with van der Waals surface area (Å²) in [5, 5.41) is 3.58. The van der Waals surface area contributed by atoms with Crippen molar-refractivity contribution in [3.63, 3.8) is 0 Å². The fraction of sp³-hybridized carbons (Fsp3) is 0.647. The van der Waals surface area contributed by atoms with E-state index < -0.39 is 0 Å². The van der Waals surface area contributed by atoms with Crippen LogP contribution in [0.2, 0.25) is 0 Å². The van der Waals surface area contributed by atoms with Crippen molar-refractivity contribution in [2.75, 3.05) is 13.1 Å². The Bertz CT molecular complexity index is 392. The lowest BCUT2D eigenvalue weighted by Gasteiger charge is -2.33. The molecule has 1 saturated carbocycles. The van der Waals surface area contributed by atoms with Gasteiger partial charge in [0, 0.05) is 0 Å². The van der Waals surface area contributed by atoms with Crippen LogP contribution >= 0.6 is 0 Å². The molecule has 1 heteroatoms. The van der Waals surface area contributed by atoms with E-state index in [9.17, 15) is 0 Å². The SMILES string of the molecule is CCCC1CNCCC1c1ccccc1C1CC1. The van der Waals surface area contributed by atoms with Crippen LogP contribution in [0.4, 0.5) is 0 Å². The second-order valence-electron chi connectivity index (χ2n) is 6.05. The topological polar surface area (TPSA) is 12.0 Å². The monoisotopic (exact) mass is 243 g/mol. The first-order chi connectivity index (χ1) is 8.90. The average molecular weight is 243 g/mol. The van der Waals surface area contributed by atoms with Gasteiger partial charge in [0.05, 0.1) is 0 Å². The molecule has 2 atom stereocenters. The van der Waals surface area contributed by atoms with Gasteiger partial charge in [-0.1, -0.05) is 37.6 Å². The van der Waals surface area contributed by atoms with Gasteiger partial charge in [-0.2, -0.15) is 0 Å². The van der Waals surface area contributed by atoms with Gasteiger partial charge >= 0.3 is 0 Å². The molecule has 0 radical (unpaired) electrons. The summed E-state index contributed by atoms with van der Waals surface area (Å²) in [5.74, 6) is 2.55. The largest absolute Gasteiger partial charge is 0.316 e. The van der Waals surface area contributed by atoms with Crippen molar-refractivity contribution < 1.29 is 0 Å². The quantitative estimate of drug-likeness (QED) is 0.841. The molecule has 1 aliphatic carbocycles. The van der Waals surface area contributed by atoms with Crippen molar-refractivity contribution in [1.29, 1.82) is 0 Å². The molecule has 1 nitrogen and oxygen atoms in total. The van der Waals surface area contributed by atoms with Crippen LogP contribution in [0, 0.1) is 5.92 Å². The Balaban J connectivity index is 1.86. The summed E-state index contributed by atoms with van der Waals surface area (Å²) in [6.45, 7) is 4.74. The smallest absolute Gasteiger partial charge is 0.00147 e. The first kappa shape index (κ1) is 12.2. The second kappa shape index (κ2) is 5.44. The number of rotatable bonds is 4. The fourth-order valence-electron chi connectivity index (χ4n) is 3.62. The van der Waals surface area contributed by atoms with E-state index in [-0.39, 0.29) is 0 Å². The molecule has 2 fully saturated rings. The van der Waals surface area contributed by atoms with E-state index in [0.717, 1.165) is 17.8 Å². The summed E-state index contributed by atoms with van der Waals surface area (Å²) >= 11 is 0. The molecule has 2 unspecified atom stereocenters. The van der Waals surface area contributed by atoms with Crippen molar-refractivity contribution in [3.8, 4) is 0 Å². The maximum Gasteiger partial charge on any atom is -0.00147 e. The average Bonchev–Trinajstić information content (AvgIpc) is 3.24. The molecule has 1 saturated heterocycles. The second-order valence-corrected chi connectivity index (χ2v) is 6.05. The highest BCUT2D eigenvalue weighted by Crippen LogP contribution is 2.45. The van der Waals surface area contributed by atoms with E-state index in [2.05, 4.69) is 36.5 Å². The highest BCUT2D eigenvalue weighted by atomic mass is 14.9.